The number of amides is 2. The largest absolute Gasteiger partial charge is 0.315 e. The Kier molecular flexibility index (Phi) is 3.95. The monoisotopic (exact) mass is 276 g/mol. The molecule has 0 aliphatic carbocycles. The van der Waals surface area contributed by atoms with Crippen molar-refractivity contribution in [3.05, 3.63) is 0 Å². The van der Waals surface area contributed by atoms with E-state index in [2.05, 4.69) is 10.6 Å². The van der Waals surface area contributed by atoms with Crippen LogP contribution >= 0.6 is 0 Å². The van der Waals surface area contributed by atoms with Gasteiger partial charge in [-0.1, -0.05) is 0 Å². The summed E-state index contributed by atoms with van der Waals surface area (Å²) < 4.78 is 26.8. The van der Waals surface area contributed by atoms with Gasteiger partial charge in [0.1, 0.15) is 0 Å². The van der Waals surface area contributed by atoms with Crippen LogP contribution in [0.3, 0.4) is 0 Å². The minimum Gasteiger partial charge on any atom is -0.315 e. The molecule has 2 saturated heterocycles. The van der Waals surface area contributed by atoms with E-state index in [9.17, 15) is 18.0 Å². The molecule has 0 unspecified atom stereocenters. The molecule has 2 fully saturated rings. The zero-order valence-corrected chi connectivity index (χ0v) is 10.7. The highest BCUT2D eigenvalue weighted by Gasteiger charge is 2.35. The molecule has 0 radical (unpaired) electrons. The average molecular weight is 276 g/mol. The van der Waals surface area contributed by atoms with E-state index in [1.807, 2.05) is 0 Å². The Morgan fingerprint density at radius 2 is 1.61 bits per heavy atom. The van der Waals surface area contributed by atoms with E-state index in [0.29, 0.717) is 26.1 Å². The molecule has 0 bridgehead atoms. The van der Waals surface area contributed by atoms with E-state index in [-0.39, 0.29) is 13.1 Å². The SMILES string of the molecule is O=C1CN(S(=O)(=O)N2CCCNCC2)CC(=O)N1. The molecule has 2 amide bonds. The van der Waals surface area contributed by atoms with Gasteiger partial charge in [-0.25, -0.2) is 0 Å². The summed E-state index contributed by atoms with van der Waals surface area (Å²) in [6.45, 7) is 1.52. The van der Waals surface area contributed by atoms with Crippen LogP contribution in [-0.4, -0.2) is 68.1 Å². The average Bonchev–Trinajstić information content (AvgIpc) is 2.56. The van der Waals surface area contributed by atoms with Crippen molar-refractivity contribution in [3.63, 3.8) is 0 Å². The maximum absolute atomic E-state index is 12.3. The Balaban J connectivity index is 2.13. The zero-order valence-electron chi connectivity index (χ0n) is 9.89. The summed E-state index contributed by atoms with van der Waals surface area (Å²) in [5.41, 5.74) is 0. The van der Waals surface area contributed by atoms with Crippen molar-refractivity contribution in [2.24, 2.45) is 0 Å². The third-order valence-corrected chi connectivity index (χ3v) is 4.80. The fourth-order valence-electron chi connectivity index (χ4n) is 1.99. The molecule has 8 nitrogen and oxygen atoms in total. The van der Waals surface area contributed by atoms with Gasteiger partial charge in [-0.3, -0.25) is 14.9 Å². The van der Waals surface area contributed by atoms with Crippen LogP contribution in [0.5, 0.6) is 0 Å². The molecule has 2 aliphatic rings. The van der Waals surface area contributed by atoms with Crippen molar-refractivity contribution in [2.45, 2.75) is 6.42 Å². The van der Waals surface area contributed by atoms with Crippen molar-refractivity contribution in [2.75, 3.05) is 39.3 Å². The maximum Gasteiger partial charge on any atom is 0.282 e. The number of carbonyl (C=O) groups is 2. The van der Waals surface area contributed by atoms with Gasteiger partial charge < -0.3 is 5.32 Å². The van der Waals surface area contributed by atoms with E-state index < -0.39 is 22.0 Å². The van der Waals surface area contributed by atoms with Crippen LogP contribution in [0.25, 0.3) is 0 Å². The van der Waals surface area contributed by atoms with Crippen molar-refractivity contribution in [1.82, 2.24) is 19.2 Å². The highest BCUT2D eigenvalue weighted by atomic mass is 32.2. The first-order chi connectivity index (χ1) is 8.50. The second kappa shape index (κ2) is 5.31. The Labute approximate surface area is 105 Å². The van der Waals surface area contributed by atoms with Gasteiger partial charge in [-0.05, 0) is 13.0 Å². The minimum absolute atomic E-state index is 0.294. The second-order valence-corrected chi connectivity index (χ2v) is 6.18. The quantitative estimate of drug-likeness (QED) is 0.543. The third-order valence-electron chi connectivity index (χ3n) is 2.87. The lowest BCUT2D eigenvalue weighted by atomic mass is 10.4. The smallest absolute Gasteiger partial charge is 0.282 e. The van der Waals surface area contributed by atoms with Crippen LogP contribution < -0.4 is 10.6 Å². The molecular formula is C9H16N4O4S. The number of nitrogens with zero attached hydrogens (tertiary/aromatic N) is 2. The molecule has 102 valence electrons. The molecule has 0 spiro atoms. The molecule has 18 heavy (non-hydrogen) atoms. The Bertz CT molecular complexity index is 425. The van der Waals surface area contributed by atoms with E-state index in [0.717, 1.165) is 10.8 Å². The summed E-state index contributed by atoms with van der Waals surface area (Å²) in [7, 11) is -3.73. The van der Waals surface area contributed by atoms with Crippen LogP contribution in [0, 0.1) is 0 Å². The molecule has 0 saturated carbocycles. The Morgan fingerprint density at radius 3 is 2.28 bits per heavy atom. The molecule has 0 aromatic carbocycles. The summed E-state index contributed by atoms with van der Waals surface area (Å²) in [5, 5.41) is 5.18. The Hall–Kier alpha value is -1.03. The van der Waals surface area contributed by atoms with Gasteiger partial charge in [0.05, 0.1) is 13.1 Å². The van der Waals surface area contributed by atoms with Gasteiger partial charge in [0.15, 0.2) is 0 Å². The number of imide groups is 1. The number of rotatable bonds is 2. The topological polar surface area (TPSA) is 98.8 Å². The summed E-state index contributed by atoms with van der Waals surface area (Å²) in [4.78, 5) is 22.4. The number of carbonyl (C=O) groups excluding carboxylic acids is 2. The second-order valence-electron chi connectivity index (χ2n) is 4.25. The van der Waals surface area contributed by atoms with Crippen molar-refractivity contribution in [3.8, 4) is 0 Å². The highest BCUT2D eigenvalue weighted by Crippen LogP contribution is 2.11. The summed E-state index contributed by atoms with van der Waals surface area (Å²) in [5.74, 6) is -1.16. The van der Waals surface area contributed by atoms with Crippen LogP contribution in [-0.2, 0) is 19.8 Å². The van der Waals surface area contributed by atoms with Gasteiger partial charge >= 0.3 is 0 Å². The van der Waals surface area contributed by atoms with Crippen molar-refractivity contribution >= 4 is 22.0 Å². The Morgan fingerprint density at radius 1 is 0.944 bits per heavy atom. The molecule has 0 atom stereocenters. The minimum atomic E-state index is -3.73. The van der Waals surface area contributed by atoms with E-state index >= 15 is 0 Å². The van der Waals surface area contributed by atoms with Gasteiger partial charge in [-0.2, -0.15) is 17.0 Å². The lowest BCUT2D eigenvalue weighted by Gasteiger charge is -2.30. The third kappa shape index (κ3) is 2.86. The molecule has 2 N–H and O–H groups in total. The highest BCUT2D eigenvalue weighted by molar-refractivity contribution is 7.86. The number of hydrogen-bond donors (Lipinski definition) is 2. The van der Waals surface area contributed by atoms with Crippen LogP contribution in [0.2, 0.25) is 0 Å². The van der Waals surface area contributed by atoms with Gasteiger partial charge in [0.25, 0.3) is 10.2 Å². The van der Waals surface area contributed by atoms with E-state index in [1.165, 1.54) is 4.31 Å². The maximum atomic E-state index is 12.3. The first kappa shape index (κ1) is 13.4. The zero-order chi connectivity index (χ0) is 13.2. The molecule has 2 aliphatic heterocycles. The van der Waals surface area contributed by atoms with Crippen LogP contribution in [0.15, 0.2) is 0 Å². The standard InChI is InChI=1S/C9H16N4O4S/c14-8-6-13(7-9(15)11-8)18(16,17)12-4-1-2-10-3-5-12/h10H,1-7H2,(H,11,14,15). The number of hydrogen-bond acceptors (Lipinski definition) is 5. The van der Waals surface area contributed by atoms with Gasteiger partial charge in [-0.15, -0.1) is 0 Å². The normalized spacial score (nSPS) is 24.7. The molecule has 0 aromatic rings. The molecule has 9 heteroatoms. The lowest BCUT2D eigenvalue weighted by Crippen LogP contribution is -2.56. The summed E-state index contributed by atoms with van der Waals surface area (Å²) in [6, 6.07) is 0. The number of nitrogens with one attached hydrogen (secondary N) is 2. The van der Waals surface area contributed by atoms with E-state index in [1.54, 1.807) is 0 Å². The molecule has 2 rings (SSSR count). The van der Waals surface area contributed by atoms with Gasteiger partial charge in [0.2, 0.25) is 11.8 Å². The first-order valence-corrected chi connectivity index (χ1v) is 7.18. The molecular weight excluding hydrogens is 260 g/mol. The molecule has 2 heterocycles. The predicted octanol–water partition coefficient (Wildman–Crippen LogP) is -2.52. The van der Waals surface area contributed by atoms with E-state index in [4.69, 9.17) is 0 Å². The van der Waals surface area contributed by atoms with Crippen molar-refractivity contribution in [1.29, 1.82) is 0 Å². The fourth-order valence-corrected chi connectivity index (χ4v) is 3.56. The fraction of sp³-hybridized carbons (Fsp3) is 0.778. The molecule has 0 aromatic heterocycles. The summed E-state index contributed by atoms with van der Waals surface area (Å²) >= 11 is 0. The lowest BCUT2D eigenvalue weighted by molar-refractivity contribution is -0.134. The summed E-state index contributed by atoms with van der Waals surface area (Å²) in [6.07, 6.45) is 0.715. The predicted molar refractivity (Wildman–Crippen MR) is 62.7 cm³/mol. The van der Waals surface area contributed by atoms with Crippen LogP contribution in [0.4, 0.5) is 0 Å². The van der Waals surface area contributed by atoms with Gasteiger partial charge in [0, 0.05) is 19.6 Å². The van der Waals surface area contributed by atoms with Crippen molar-refractivity contribution < 1.29 is 18.0 Å². The van der Waals surface area contributed by atoms with Crippen LogP contribution in [0.1, 0.15) is 6.42 Å². The first-order valence-electron chi connectivity index (χ1n) is 5.79. The number of piperazine rings is 1.